The van der Waals surface area contributed by atoms with Gasteiger partial charge in [0.05, 0.1) is 6.61 Å². The Morgan fingerprint density at radius 2 is 2.11 bits per heavy atom. The second kappa shape index (κ2) is 7.63. The van der Waals surface area contributed by atoms with Crippen LogP contribution in [0.3, 0.4) is 0 Å². The molecule has 1 aromatic rings. The topological polar surface area (TPSA) is 64.0 Å². The van der Waals surface area contributed by atoms with Gasteiger partial charge in [0.25, 0.3) is 5.91 Å². The second-order valence-electron chi connectivity index (χ2n) is 8.51. The molecule has 0 aliphatic carbocycles. The van der Waals surface area contributed by atoms with E-state index in [1.54, 1.807) is 19.9 Å². The van der Waals surface area contributed by atoms with E-state index in [1.807, 2.05) is 23.1 Å². The molecule has 0 aromatic heterocycles. The molecule has 0 radical (unpaired) electrons. The van der Waals surface area contributed by atoms with E-state index in [-0.39, 0.29) is 24.0 Å². The molecular weight excluding hydrogens is 340 g/mol. The molecule has 2 aliphatic rings. The van der Waals surface area contributed by atoms with Crippen LogP contribution in [0.2, 0.25) is 0 Å². The van der Waals surface area contributed by atoms with Crippen molar-refractivity contribution in [3.8, 4) is 11.8 Å². The number of amides is 1. The summed E-state index contributed by atoms with van der Waals surface area (Å²) in [7, 11) is 2.09. The van der Waals surface area contributed by atoms with E-state index in [0.717, 1.165) is 31.4 Å². The van der Waals surface area contributed by atoms with E-state index < -0.39 is 5.60 Å². The fraction of sp³-hybridized carbons (Fsp3) is 0.591. The van der Waals surface area contributed by atoms with Gasteiger partial charge in [-0.1, -0.05) is 17.9 Å². The quantitative estimate of drug-likeness (QED) is 0.779. The van der Waals surface area contributed by atoms with Crippen LogP contribution in [0.4, 0.5) is 0 Å². The molecule has 0 saturated carbocycles. The van der Waals surface area contributed by atoms with Crippen LogP contribution in [0.5, 0.6) is 0 Å². The highest BCUT2D eigenvalue weighted by Crippen LogP contribution is 2.41. The average molecular weight is 370 g/mol. The fourth-order valence-electron chi connectivity index (χ4n) is 4.34. The molecule has 0 unspecified atom stereocenters. The summed E-state index contributed by atoms with van der Waals surface area (Å²) in [5.41, 5.74) is 0.197. The molecule has 1 amide bonds. The number of carbonyl (C=O) groups excluding carboxylic acids is 1. The molecule has 2 heterocycles. The molecule has 2 fully saturated rings. The maximum Gasteiger partial charge on any atom is 0.253 e. The summed E-state index contributed by atoms with van der Waals surface area (Å²) in [6.45, 7) is 5.79. The molecule has 146 valence electrons. The molecule has 27 heavy (non-hydrogen) atoms. The molecule has 3 rings (SSSR count). The Hall–Kier alpha value is -1.87. The highest BCUT2D eigenvalue weighted by Gasteiger charge is 2.47. The maximum atomic E-state index is 13.1. The van der Waals surface area contributed by atoms with Gasteiger partial charge in [0.1, 0.15) is 5.60 Å². The van der Waals surface area contributed by atoms with Gasteiger partial charge in [-0.05, 0) is 64.9 Å². The van der Waals surface area contributed by atoms with Crippen molar-refractivity contribution in [2.75, 3.05) is 33.3 Å². The monoisotopic (exact) mass is 370 g/mol. The molecule has 2 aliphatic heterocycles. The predicted molar refractivity (Wildman–Crippen MR) is 105 cm³/mol. The van der Waals surface area contributed by atoms with Crippen molar-refractivity contribution in [2.45, 2.75) is 44.8 Å². The Kier molecular flexibility index (Phi) is 5.62. The lowest BCUT2D eigenvalue weighted by Gasteiger charge is -2.53. The first-order valence-corrected chi connectivity index (χ1v) is 9.70. The summed E-state index contributed by atoms with van der Waals surface area (Å²) in [6, 6.07) is 7.48. The summed E-state index contributed by atoms with van der Waals surface area (Å²) in [4.78, 5) is 17.3. The minimum atomic E-state index is -1.06. The van der Waals surface area contributed by atoms with Gasteiger partial charge in [-0.25, -0.2) is 0 Å². The van der Waals surface area contributed by atoms with Crippen LogP contribution in [0, 0.1) is 17.3 Å². The van der Waals surface area contributed by atoms with Crippen LogP contribution >= 0.6 is 0 Å². The van der Waals surface area contributed by atoms with E-state index in [1.165, 1.54) is 0 Å². The third kappa shape index (κ3) is 4.35. The first-order valence-electron chi connectivity index (χ1n) is 9.70. The maximum absolute atomic E-state index is 13.1. The van der Waals surface area contributed by atoms with Gasteiger partial charge in [-0.15, -0.1) is 0 Å². The van der Waals surface area contributed by atoms with Crippen LogP contribution in [0.1, 0.15) is 49.0 Å². The number of fused-ring (bicyclic) bond motifs is 1. The molecule has 2 saturated heterocycles. The van der Waals surface area contributed by atoms with Gasteiger partial charge in [0.15, 0.2) is 0 Å². The minimum Gasteiger partial charge on any atom is -0.396 e. The number of carbonyl (C=O) groups is 1. The molecule has 0 spiro atoms. The number of aliphatic hydroxyl groups excluding tert-OH is 1. The van der Waals surface area contributed by atoms with Crippen molar-refractivity contribution < 1.29 is 15.0 Å². The normalized spacial score (nSPS) is 26.1. The molecule has 5 heteroatoms. The minimum absolute atomic E-state index is 0.00687. The van der Waals surface area contributed by atoms with E-state index in [9.17, 15) is 15.0 Å². The lowest BCUT2D eigenvalue weighted by Crippen LogP contribution is -2.62. The Morgan fingerprint density at radius 3 is 2.81 bits per heavy atom. The van der Waals surface area contributed by atoms with Crippen LogP contribution in [-0.2, 0) is 0 Å². The van der Waals surface area contributed by atoms with Crippen LogP contribution in [-0.4, -0.2) is 70.9 Å². The number of piperidine rings is 2. The third-order valence-electron chi connectivity index (χ3n) is 5.92. The number of likely N-dealkylation sites (tertiary alicyclic amines) is 2. The predicted octanol–water partition coefficient (Wildman–Crippen LogP) is 1.73. The lowest BCUT2D eigenvalue weighted by atomic mass is 9.69. The van der Waals surface area contributed by atoms with Crippen molar-refractivity contribution in [1.82, 2.24) is 9.80 Å². The first-order chi connectivity index (χ1) is 12.7. The Morgan fingerprint density at radius 1 is 1.33 bits per heavy atom. The van der Waals surface area contributed by atoms with Crippen molar-refractivity contribution >= 4 is 5.91 Å². The van der Waals surface area contributed by atoms with Crippen LogP contribution in [0.25, 0.3) is 0 Å². The largest absolute Gasteiger partial charge is 0.396 e. The van der Waals surface area contributed by atoms with E-state index in [0.29, 0.717) is 18.7 Å². The first kappa shape index (κ1) is 19.9. The number of aliphatic hydroxyl groups is 2. The third-order valence-corrected chi connectivity index (χ3v) is 5.92. The number of nitrogens with zero attached hydrogens (tertiary/aromatic N) is 2. The molecule has 5 nitrogen and oxygen atoms in total. The SMILES string of the molecule is CN1CCC[C@]2(CO)CCN(C(=O)c3cccc(C#CC(C)(C)O)c3)C[C@@H]12. The van der Waals surface area contributed by atoms with Crippen molar-refractivity contribution in [1.29, 1.82) is 0 Å². The van der Waals surface area contributed by atoms with Gasteiger partial charge in [-0.3, -0.25) is 4.79 Å². The van der Waals surface area contributed by atoms with Gasteiger partial charge in [0.2, 0.25) is 0 Å². The van der Waals surface area contributed by atoms with E-state index in [4.69, 9.17) is 0 Å². The van der Waals surface area contributed by atoms with Crippen LogP contribution < -0.4 is 0 Å². The summed E-state index contributed by atoms with van der Waals surface area (Å²) < 4.78 is 0. The average Bonchev–Trinajstić information content (AvgIpc) is 2.65. The number of likely N-dealkylation sites (N-methyl/N-ethyl adjacent to an activating group) is 1. The Balaban J connectivity index is 1.78. The summed E-state index contributed by atoms with van der Waals surface area (Å²) in [5.74, 6) is 5.73. The zero-order valence-corrected chi connectivity index (χ0v) is 16.5. The highest BCUT2D eigenvalue weighted by atomic mass is 16.3. The van der Waals surface area contributed by atoms with Gasteiger partial charge in [-0.2, -0.15) is 0 Å². The molecule has 1 aromatic carbocycles. The van der Waals surface area contributed by atoms with Gasteiger partial charge >= 0.3 is 0 Å². The fourth-order valence-corrected chi connectivity index (χ4v) is 4.34. The van der Waals surface area contributed by atoms with Gasteiger partial charge in [0, 0.05) is 35.7 Å². The Labute approximate surface area is 162 Å². The van der Waals surface area contributed by atoms with E-state index >= 15 is 0 Å². The van der Waals surface area contributed by atoms with Gasteiger partial charge < -0.3 is 20.0 Å². The molecule has 2 atom stereocenters. The van der Waals surface area contributed by atoms with E-state index in [2.05, 4.69) is 23.8 Å². The zero-order chi connectivity index (χ0) is 19.7. The molecular formula is C22H30N2O3. The van der Waals surface area contributed by atoms with Crippen LogP contribution in [0.15, 0.2) is 24.3 Å². The number of rotatable bonds is 2. The van der Waals surface area contributed by atoms with Crippen molar-refractivity contribution in [3.63, 3.8) is 0 Å². The highest BCUT2D eigenvalue weighted by molar-refractivity contribution is 5.94. The standard InChI is InChI=1S/C22H30N2O3/c1-21(2,27)10-8-17-6-4-7-18(14-17)20(26)24-13-11-22(16-25)9-5-12-23(3)19(22)15-24/h4,6-7,14,19,25,27H,5,9,11-13,15-16H2,1-3H3/t19-,22-/m1/s1. The smallest absolute Gasteiger partial charge is 0.253 e. The number of hydrogen-bond donors (Lipinski definition) is 2. The molecule has 0 bridgehead atoms. The number of hydrogen-bond acceptors (Lipinski definition) is 4. The molecule has 2 N–H and O–H groups in total. The Bertz CT molecular complexity index is 759. The summed E-state index contributed by atoms with van der Waals surface area (Å²) >= 11 is 0. The zero-order valence-electron chi connectivity index (χ0n) is 16.5. The lowest BCUT2D eigenvalue weighted by molar-refractivity contribution is -0.0601. The number of benzene rings is 1. The van der Waals surface area contributed by atoms with Crippen molar-refractivity contribution in [3.05, 3.63) is 35.4 Å². The van der Waals surface area contributed by atoms with Crippen molar-refractivity contribution in [2.24, 2.45) is 5.41 Å². The summed E-state index contributed by atoms with van der Waals surface area (Å²) in [6.07, 6.45) is 2.97. The second-order valence-corrected chi connectivity index (χ2v) is 8.51. The summed E-state index contributed by atoms with van der Waals surface area (Å²) in [5, 5.41) is 19.8.